The van der Waals surface area contributed by atoms with E-state index in [0.29, 0.717) is 22.7 Å². The molecule has 0 saturated heterocycles. The van der Waals surface area contributed by atoms with Gasteiger partial charge in [-0.1, -0.05) is 0 Å². The number of aromatic nitrogens is 1. The van der Waals surface area contributed by atoms with Crippen molar-refractivity contribution in [3.05, 3.63) is 41.7 Å². The minimum Gasteiger partial charge on any atom is -0.497 e. The molecule has 0 fully saturated rings. The van der Waals surface area contributed by atoms with E-state index in [1.165, 1.54) is 31.5 Å². The number of rotatable bonds is 4. The first-order valence-electron chi connectivity index (χ1n) is 7.94. The van der Waals surface area contributed by atoms with E-state index in [9.17, 15) is 18.4 Å². The molecule has 2 heterocycles. The quantitative estimate of drug-likeness (QED) is 0.812. The van der Waals surface area contributed by atoms with Crippen molar-refractivity contribution in [3.63, 3.8) is 0 Å². The smallest absolute Gasteiger partial charge is 0.427 e. The maximum Gasteiger partial charge on any atom is 0.427 e. The van der Waals surface area contributed by atoms with Crippen LogP contribution in [-0.4, -0.2) is 38.0 Å². The van der Waals surface area contributed by atoms with Gasteiger partial charge in [0.1, 0.15) is 23.1 Å². The number of fused-ring (bicyclic) bond motifs is 1. The second kappa shape index (κ2) is 7.23. The largest absolute Gasteiger partial charge is 0.497 e. The Labute approximate surface area is 153 Å². The van der Waals surface area contributed by atoms with Gasteiger partial charge in [0.25, 0.3) is 0 Å². The van der Waals surface area contributed by atoms with Gasteiger partial charge >= 0.3 is 6.18 Å². The van der Waals surface area contributed by atoms with E-state index < -0.39 is 18.8 Å². The first-order chi connectivity index (χ1) is 12.9. The Kier molecular flexibility index (Phi) is 4.99. The molecule has 0 aliphatic carbocycles. The molecule has 0 N–H and O–H groups in total. The summed E-state index contributed by atoms with van der Waals surface area (Å²) in [5.41, 5.74) is 0.940. The van der Waals surface area contributed by atoms with Crippen molar-refractivity contribution in [2.75, 3.05) is 25.7 Å². The maximum absolute atomic E-state index is 13.3. The van der Waals surface area contributed by atoms with Gasteiger partial charge in [-0.15, -0.1) is 0 Å². The zero-order valence-corrected chi connectivity index (χ0v) is 14.6. The third-order valence-corrected chi connectivity index (χ3v) is 4.21. The zero-order valence-electron chi connectivity index (χ0n) is 14.6. The van der Waals surface area contributed by atoms with Crippen molar-refractivity contribution in [3.8, 4) is 23.3 Å². The molecule has 1 atom stereocenters. The Morgan fingerprint density at radius 2 is 2.07 bits per heavy atom. The number of hydrogen-bond donors (Lipinski definition) is 0. The molecular weight excluding hydrogens is 363 g/mol. The van der Waals surface area contributed by atoms with Crippen LogP contribution in [0.1, 0.15) is 11.1 Å². The average Bonchev–Trinajstić information content (AvgIpc) is 2.66. The molecule has 6 nitrogen and oxygen atoms in total. The summed E-state index contributed by atoms with van der Waals surface area (Å²) in [7, 11) is 2.98. The summed E-state index contributed by atoms with van der Waals surface area (Å²) in [5, 5.41) is 9.19. The standard InChI is InChI=1S/C18H16F3N3O3/c1-25-13-4-3-11(15(5-13)26-2)9-24-10-16(18(19,20)21)27-17-12(6-22)7-23-8-14(17)24/h3-5,7-8,16H,9-10H2,1-2H3. The highest BCUT2D eigenvalue weighted by atomic mass is 19.4. The predicted molar refractivity (Wildman–Crippen MR) is 90.0 cm³/mol. The van der Waals surface area contributed by atoms with Gasteiger partial charge < -0.3 is 19.1 Å². The van der Waals surface area contributed by atoms with Crippen molar-refractivity contribution in [1.82, 2.24) is 4.98 Å². The number of hydrogen-bond acceptors (Lipinski definition) is 6. The van der Waals surface area contributed by atoms with Gasteiger partial charge in [0.05, 0.1) is 32.6 Å². The van der Waals surface area contributed by atoms with E-state index in [1.807, 2.05) is 6.07 Å². The Balaban J connectivity index is 2.01. The van der Waals surface area contributed by atoms with Crippen LogP contribution < -0.4 is 19.1 Å². The number of anilines is 1. The van der Waals surface area contributed by atoms with Crippen LogP contribution in [0.2, 0.25) is 0 Å². The van der Waals surface area contributed by atoms with Gasteiger partial charge in [0.15, 0.2) is 5.75 Å². The first kappa shape index (κ1) is 18.6. The highest BCUT2D eigenvalue weighted by Crippen LogP contribution is 2.40. The lowest BCUT2D eigenvalue weighted by Crippen LogP contribution is -2.48. The lowest BCUT2D eigenvalue weighted by atomic mass is 10.1. The molecule has 0 spiro atoms. The number of ether oxygens (including phenoxy) is 3. The Hall–Kier alpha value is -3.15. The van der Waals surface area contributed by atoms with Gasteiger partial charge in [0.2, 0.25) is 6.10 Å². The number of alkyl halides is 3. The highest BCUT2D eigenvalue weighted by molar-refractivity contribution is 5.65. The van der Waals surface area contributed by atoms with E-state index in [1.54, 1.807) is 18.2 Å². The van der Waals surface area contributed by atoms with Crippen molar-refractivity contribution < 1.29 is 27.4 Å². The summed E-state index contributed by atoms with van der Waals surface area (Å²) in [5.74, 6) is 0.934. The lowest BCUT2D eigenvalue weighted by molar-refractivity contribution is -0.193. The van der Waals surface area contributed by atoms with Crippen molar-refractivity contribution in [1.29, 1.82) is 5.26 Å². The van der Waals surface area contributed by atoms with E-state index in [0.717, 1.165) is 0 Å². The fourth-order valence-corrected chi connectivity index (χ4v) is 2.85. The van der Waals surface area contributed by atoms with Crippen LogP contribution in [0.3, 0.4) is 0 Å². The number of halogens is 3. The third kappa shape index (κ3) is 3.69. The van der Waals surface area contributed by atoms with Crippen molar-refractivity contribution in [2.45, 2.75) is 18.8 Å². The van der Waals surface area contributed by atoms with Crippen LogP contribution in [0.5, 0.6) is 17.2 Å². The molecule has 0 amide bonds. The van der Waals surface area contributed by atoms with Crippen LogP contribution in [0, 0.1) is 11.3 Å². The van der Waals surface area contributed by atoms with Crippen LogP contribution in [0.15, 0.2) is 30.6 Å². The van der Waals surface area contributed by atoms with Gasteiger partial charge in [-0.25, -0.2) is 0 Å². The van der Waals surface area contributed by atoms with Gasteiger partial charge in [-0.2, -0.15) is 18.4 Å². The second-order valence-electron chi connectivity index (χ2n) is 5.85. The molecule has 3 rings (SSSR count). The molecule has 0 bridgehead atoms. The lowest BCUT2D eigenvalue weighted by Gasteiger charge is -2.37. The fraction of sp³-hybridized carbons (Fsp3) is 0.333. The van der Waals surface area contributed by atoms with Crippen LogP contribution >= 0.6 is 0 Å². The second-order valence-corrected chi connectivity index (χ2v) is 5.85. The molecular formula is C18H16F3N3O3. The molecule has 1 unspecified atom stereocenters. The summed E-state index contributed by atoms with van der Waals surface area (Å²) in [4.78, 5) is 5.42. The number of benzene rings is 1. The minimum atomic E-state index is -4.57. The normalized spacial score (nSPS) is 16.1. The van der Waals surface area contributed by atoms with Crippen molar-refractivity contribution >= 4 is 5.69 Å². The maximum atomic E-state index is 13.3. The molecule has 1 aliphatic rings. The van der Waals surface area contributed by atoms with E-state index >= 15 is 0 Å². The van der Waals surface area contributed by atoms with Crippen LogP contribution in [0.4, 0.5) is 18.9 Å². The number of nitrogens with zero attached hydrogens (tertiary/aromatic N) is 3. The van der Waals surface area contributed by atoms with E-state index in [2.05, 4.69) is 4.98 Å². The number of methoxy groups -OCH3 is 2. The molecule has 1 aliphatic heterocycles. The molecule has 0 radical (unpaired) electrons. The molecule has 142 valence electrons. The zero-order chi connectivity index (χ0) is 19.6. The Morgan fingerprint density at radius 3 is 2.70 bits per heavy atom. The summed E-state index contributed by atoms with van der Waals surface area (Å²) >= 11 is 0. The fourth-order valence-electron chi connectivity index (χ4n) is 2.85. The number of nitriles is 1. The monoisotopic (exact) mass is 379 g/mol. The molecule has 0 saturated carbocycles. The number of pyridine rings is 1. The van der Waals surface area contributed by atoms with Gasteiger partial charge in [-0.05, 0) is 12.1 Å². The molecule has 9 heteroatoms. The predicted octanol–water partition coefficient (Wildman–Crippen LogP) is 3.30. The van der Waals surface area contributed by atoms with Crippen molar-refractivity contribution in [2.24, 2.45) is 0 Å². The SMILES string of the molecule is COc1ccc(CN2CC(C(F)(F)F)Oc3c(C#N)cncc32)c(OC)c1. The average molecular weight is 379 g/mol. The summed E-state index contributed by atoms with van der Waals surface area (Å²) in [6, 6.07) is 6.90. The summed E-state index contributed by atoms with van der Waals surface area (Å²) in [6.45, 7) is -0.311. The van der Waals surface area contributed by atoms with E-state index in [-0.39, 0.29) is 17.9 Å². The van der Waals surface area contributed by atoms with Gasteiger partial charge in [0, 0.05) is 24.4 Å². The highest BCUT2D eigenvalue weighted by Gasteiger charge is 2.46. The molecule has 27 heavy (non-hydrogen) atoms. The molecule has 2 aromatic rings. The summed E-state index contributed by atoms with van der Waals surface area (Å²) in [6.07, 6.45) is -4.05. The Morgan fingerprint density at radius 1 is 1.30 bits per heavy atom. The van der Waals surface area contributed by atoms with E-state index in [4.69, 9.17) is 14.2 Å². The summed E-state index contributed by atoms with van der Waals surface area (Å²) < 4.78 is 55.6. The minimum absolute atomic E-state index is 0.0480. The molecule has 1 aromatic heterocycles. The third-order valence-electron chi connectivity index (χ3n) is 4.21. The van der Waals surface area contributed by atoms with Crippen LogP contribution in [0.25, 0.3) is 0 Å². The van der Waals surface area contributed by atoms with Gasteiger partial charge in [-0.3, -0.25) is 4.98 Å². The van der Waals surface area contributed by atoms with Crippen LogP contribution in [-0.2, 0) is 6.54 Å². The Bertz CT molecular complexity index is 880. The first-order valence-corrected chi connectivity index (χ1v) is 7.94. The molecule has 1 aromatic carbocycles. The topological polar surface area (TPSA) is 67.6 Å².